The van der Waals surface area contributed by atoms with E-state index < -0.39 is 11.6 Å². The number of hydrogen-bond acceptors (Lipinski definition) is 3. The van der Waals surface area contributed by atoms with Crippen molar-refractivity contribution in [2.24, 2.45) is 5.92 Å². The summed E-state index contributed by atoms with van der Waals surface area (Å²) < 4.78 is 0. The van der Waals surface area contributed by atoms with Gasteiger partial charge in [0.25, 0.3) is 5.91 Å². The van der Waals surface area contributed by atoms with Crippen molar-refractivity contribution in [1.29, 1.82) is 0 Å². The molecule has 4 amide bonds. The zero-order valence-electron chi connectivity index (χ0n) is 13.9. The SMILES string of the molecule is CCC(C)(C)NC(=O)CN1C(=O)NC(C)(CC(C)C)C1=O. The number of rotatable bonds is 6. The maximum absolute atomic E-state index is 12.4. The van der Waals surface area contributed by atoms with Gasteiger partial charge in [0.05, 0.1) is 0 Å². The minimum Gasteiger partial charge on any atom is -0.350 e. The van der Waals surface area contributed by atoms with Crippen LogP contribution >= 0.6 is 0 Å². The first-order valence-corrected chi connectivity index (χ1v) is 7.46. The first kappa shape index (κ1) is 17.5. The highest BCUT2D eigenvalue weighted by atomic mass is 16.2. The number of nitrogens with zero attached hydrogens (tertiary/aromatic N) is 1. The molecule has 1 rings (SSSR count). The summed E-state index contributed by atoms with van der Waals surface area (Å²) in [4.78, 5) is 37.4. The van der Waals surface area contributed by atoms with E-state index in [-0.39, 0.29) is 29.8 Å². The van der Waals surface area contributed by atoms with Gasteiger partial charge in [-0.05, 0) is 39.5 Å². The Morgan fingerprint density at radius 3 is 2.43 bits per heavy atom. The van der Waals surface area contributed by atoms with Gasteiger partial charge in [0.15, 0.2) is 0 Å². The quantitative estimate of drug-likeness (QED) is 0.732. The summed E-state index contributed by atoms with van der Waals surface area (Å²) in [6.45, 7) is 11.2. The standard InChI is InChI=1S/C15H27N3O3/c1-7-14(4,5)16-11(19)9-18-12(20)15(6,8-10(2)3)17-13(18)21/h10H,7-9H2,1-6H3,(H,16,19)(H,17,21). The molecule has 21 heavy (non-hydrogen) atoms. The topological polar surface area (TPSA) is 78.5 Å². The van der Waals surface area contributed by atoms with Crippen LogP contribution in [-0.2, 0) is 9.59 Å². The maximum Gasteiger partial charge on any atom is 0.325 e. The van der Waals surface area contributed by atoms with Crippen LogP contribution in [0.5, 0.6) is 0 Å². The van der Waals surface area contributed by atoms with E-state index in [2.05, 4.69) is 10.6 Å². The molecule has 0 radical (unpaired) electrons. The molecule has 0 aromatic rings. The lowest BCUT2D eigenvalue weighted by molar-refractivity contribution is -0.135. The first-order chi connectivity index (χ1) is 9.50. The Bertz CT molecular complexity index is 445. The normalized spacial score (nSPS) is 22.7. The molecule has 1 fully saturated rings. The van der Waals surface area contributed by atoms with Gasteiger partial charge in [0.2, 0.25) is 5.91 Å². The third kappa shape index (κ3) is 4.19. The van der Waals surface area contributed by atoms with Crippen LogP contribution in [0.25, 0.3) is 0 Å². The molecule has 0 saturated carbocycles. The van der Waals surface area contributed by atoms with Crippen LogP contribution in [0.3, 0.4) is 0 Å². The van der Waals surface area contributed by atoms with E-state index in [1.807, 2.05) is 34.6 Å². The van der Waals surface area contributed by atoms with Crippen molar-refractivity contribution in [3.63, 3.8) is 0 Å². The zero-order chi connectivity index (χ0) is 16.4. The highest BCUT2D eigenvalue weighted by molar-refractivity contribution is 6.08. The predicted octanol–water partition coefficient (Wildman–Crippen LogP) is 1.65. The summed E-state index contributed by atoms with van der Waals surface area (Å²) in [6, 6.07) is -0.493. The average Bonchev–Trinajstić information content (AvgIpc) is 2.51. The molecule has 0 aromatic carbocycles. The van der Waals surface area contributed by atoms with E-state index in [0.717, 1.165) is 11.3 Å². The summed E-state index contributed by atoms with van der Waals surface area (Å²) in [6.07, 6.45) is 1.32. The van der Waals surface area contributed by atoms with Crippen molar-refractivity contribution < 1.29 is 14.4 Å². The fraction of sp³-hybridized carbons (Fsp3) is 0.800. The summed E-state index contributed by atoms with van der Waals surface area (Å²) in [5.41, 5.74) is -1.26. The van der Waals surface area contributed by atoms with Crippen LogP contribution in [0.2, 0.25) is 0 Å². The Kier molecular flexibility index (Phi) is 5.02. The molecule has 0 spiro atoms. The third-order valence-electron chi connectivity index (χ3n) is 3.83. The predicted molar refractivity (Wildman–Crippen MR) is 80.6 cm³/mol. The molecule has 2 N–H and O–H groups in total. The van der Waals surface area contributed by atoms with E-state index in [1.165, 1.54) is 0 Å². The van der Waals surface area contributed by atoms with Crippen molar-refractivity contribution in [3.05, 3.63) is 0 Å². The number of hydrogen-bond donors (Lipinski definition) is 2. The molecule has 1 aliphatic rings. The molecule has 6 nitrogen and oxygen atoms in total. The van der Waals surface area contributed by atoms with Crippen LogP contribution in [0.1, 0.15) is 54.4 Å². The second kappa shape index (κ2) is 6.03. The molecular weight excluding hydrogens is 270 g/mol. The lowest BCUT2D eigenvalue weighted by Crippen LogP contribution is -2.49. The molecule has 0 bridgehead atoms. The average molecular weight is 297 g/mol. The van der Waals surface area contributed by atoms with Crippen LogP contribution in [-0.4, -0.2) is 40.4 Å². The third-order valence-corrected chi connectivity index (χ3v) is 3.83. The number of imide groups is 1. The molecule has 1 saturated heterocycles. The second-order valence-electron chi connectivity index (χ2n) is 7.04. The molecule has 6 heteroatoms. The monoisotopic (exact) mass is 297 g/mol. The summed E-state index contributed by atoms with van der Waals surface area (Å²) >= 11 is 0. The Balaban J connectivity index is 2.75. The van der Waals surface area contributed by atoms with Gasteiger partial charge in [-0.3, -0.25) is 14.5 Å². The van der Waals surface area contributed by atoms with Crippen LogP contribution in [0.4, 0.5) is 4.79 Å². The molecule has 120 valence electrons. The Hall–Kier alpha value is -1.59. The first-order valence-electron chi connectivity index (χ1n) is 7.46. The number of nitrogens with one attached hydrogen (secondary N) is 2. The van der Waals surface area contributed by atoms with E-state index in [0.29, 0.717) is 6.42 Å². The van der Waals surface area contributed by atoms with Crippen molar-refractivity contribution in [2.75, 3.05) is 6.54 Å². The molecule has 1 heterocycles. The highest BCUT2D eigenvalue weighted by Gasteiger charge is 2.48. The molecule has 0 aliphatic carbocycles. The van der Waals surface area contributed by atoms with Gasteiger partial charge in [-0.1, -0.05) is 20.8 Å². The summed E-state index contributed by atoms with van der Waals surface area (Å²) in [5.74, 6) is -0.378. The van der Waals surface area contributed by atoms with Gasteiger partial charge in [-0.25, -0.2) is 4.79 Å². The zero-order valence-corrected chi connectivity index (χ0v) is 13.9. The molecule has 1 unspecified atom stereocenters. The van der Waals surface area contributed by atoms with Crippen LogP contribution in [0.15, 0.2) is 0 Å². The minimum absolute atomic E-state index is 0.234. The molecule has 1 aliphatic heterocycles. The van der Waals surface area contributed by atoms with Crippen molar-refractivity contribution in [3.8, 4) is 0 Å². The lowest BCUT2D eigenvalue weighted by atomic mass is 9.91. The maximum atomic E-state index is 12.4. The smallest absolute Gasteiger partial charge is 0.325 e. The van der Waals surface area contributed by atoms with Gasteiger partial charge in [0.1, 0.15) is 12.1 Å². The minimum atomic E-state index is -0.911. The van der Waals surface area contributed by atoms with Crippen molar-refractivity contribution in [2.45, 2.75) is 65.5 Å². The number of urea groups is 1. The summed E-state index contributed by atoms with van der Waals surface area (Å²) in [5, 5.41) is 5.53. The van der Waals surface area contributed by atoms with Crippen LogP contribution < -0.4 is 10.6 Å². The fourth-order valence-electron chi connectivity index (χ4n) is 2.49. The van der Waals surface area contributed by atoms with Gasteiger partial charge >= 0.3 is 6.03 Å². The van der Waals surface area contributed by atoms with Gasteiger partial charge in [-0.2, -0.15) is 0 Å². The largest absolute Gasteiger partial charge is 0.350 e. The van der Waals surface area contributed by atoms with Gasteiger partial charge in [0, 0.05) is 5.54 Å². The summed E-state index contributed by atoms with van der Waals surface area (Å²) in [7, 11) is 0. The fourth-order valence-corrected chi connectivity index (χ4v) is 2.49. The van der Waals surface area contributed by atoms with E-state index in [1.54, 1.807) is 6.92 Å². The molecular formula is C15H27N3O3. The van der Waals surface area contributed by atoms with E-state index >= 15 is 0 Å². The number of carbonyl (C=O) groups is 3. The number of amides is 4. The highest BCUT2D eigenvalue weighted by Crippen LogP contribution is 2.24. The van der Waals surface area contributed by atoms with Gasteiger partial charge in [-0.15, -0.1) is 0 Å². The molecule has 0 aromatic heterocycles. The van der Waals surface area contributed by atoms with E-state index in [4.69, 9.17) is 0 Å². The van der Waals surface area contributed by atoms with Crippen molar-refractivity contribution >= 4 is 17.8 Å². The Morgan fingerprint density at radius 2 is 1.95 bits per heavy atom. The van der Waals surface area contributed by atoms with Crippen molar-refractivity contribution in [1.82, 2.24) is 15.5 Å². The Morgan fingerprint density at radius 1 is 1.38 bits per heavy atom. The number of carbonyl (C=O) groups excluding carboxylic acids is 3. The lowest BCUT2D eigenvalue weighted by Gasteiger charge is -2.26. The second-order valence-corrected chi connectivity index (χ2v) is 7.04. The van der Waals surface area contributed by atoms with Gasteiger partial charge < -0.3 is 10.6 Å². The van der Waals surface area contributed by atoms with Crippen LogP contribution in [0, 0.1) is 5.92 Å². The van der Waals surface area contributed by atoms with E-state index in [9.17, 15) is 14.4 Å². The molecule has 1 atom stereocenters. The Labute approximate surface area is 126 Å².